The second-order valence-electron chi connectivity index (χ2n) is 5.03. The zero-order valence-corrected chi connectivity index (χ0v) is 13.9. The van der Waals surface area contributed by atoms with E-state index in [1.807, 2.05) is 0 Å². The summed E-state index contributed by atoms with van der Waals surface area (Å²) in [6.45, 7) is 2.13. The van der Waals surface area contributed by atoms with E-state index in [1.165, 1.54) is 6.42 Å². The average Bonchev–Trinajstić information content (AvgIpc) is 2.43. The fraction of sp³-hybridized carbons (Fsp3) is 0.538. The van der Waals surface area contributed by atoms with Gasteiger partial charge in [0.15, 0.2) is 0 Å². The SMILES string of the molecule is CC1CCCCC1NC(=O)c1nc(Cl)c(Cl)c(Cl)c1Cl. The van der Waals surface area contributed by atoms with Crippen molar-refractivity contribution in [3.63, 3.8) is 0 Å². The van der Waals surface area contributed by atoms with Gasteiger partial charge in [-0.15, -0.1) is 0 Å². The Hall–Kier alpha value is -0.220. The Bertz CT molecular complexity index is 536. The number of carbonyl (C=O) groups excluding carboxylic acids is 1. The van der Waals surface area contributed by atoms with Crippen LogP contribution >= 0.6 is 46.4 Å². The number of halogens is 4. The monoisotopic (exact) mass is 354 g/mol. The van der Waals surface area contributed by atoms with Crippen molar-refractivity contribution in [1.82, 2.24) is 10.3 Å². The Balaban J connectivity index is 2.21. The van der Waals surface area contributed by atoms with E-state index in [0.717, 1.165) is 19.3 Å². The van der Waals surface area contributed by atoms with Gasteiger partial charge in [-0.3, -0.25) is 4.79 Å². The van der Waals surface area contributed by atoms with E-state index in [0.29, 0.717) is 5.92 Å². The molecular formula is C13H14Cl4N2O. The first-order valence-electron chi connectivity index (χ1n) is 6.42. The standard InChI is InChI=1S/C13H14Cl4N2O/c1-6-4-2-3-5-7(6)18-13(20)11-9(15)8(14)10(16)12(17)19-11/h6-7H,2-5H2,1H3,(H,18,20). The third-order valence-corrected chi connectivity index (χ3v) is 5.31. The summed E-state index contributed by atoms with van der Waals surface area (Å²) in [6.07, 6.45) is 4.37. The number of hydrogen-bond donors (Lipinski definition) is 1. The van der Waals surface area contributed by atoms with E-state index in [4.69, 9.17) is 46.4 Å². The predicted molar refractivity (Wildman–Crippen MR) is 83.2 cm³/mol. The lowest BCUT2D eigenvalue weighted by molar-refractivity contribution is 0.0905. The summed E-state index contributed by atoms with van der Waals surface area (Å²) in [6, 6.07) is 0.127. The fourth-order valence-electron chi connectivity index (χ4n) is 2.41. The number of pyridine rings is 1. The highest BCUT2D eigenvalue weighted by atomic mass is 35.5. The molecule has 1 aromatic rings. The summed E-state index contributed by atoms with van der Waals surface area (Å²) in [5, 5.41) is 3.07. The number of hydrogen-bond acceptors (Lipinski definition) is 2. The minimum Gasteiger partial charge on any atom is -0.348 e. The van der Waals surface area contributed by atoms with Crippen LogP contribution in [-0.2, 0) is 0 Å². The summed E-state index contributed by atoms with van der Waals surface area (Å²) in [5.41, 5.74) is 0.0174. The minimum atomic E-state index is -0.366. The molecular weight excluding hydrogens is 342 g/mol. The molecule has 1 heterocycles. The van der Waals surface area contributed by atoms with Crippen molar-refractivity contribution in [3.8, 4) is 0 Å². The molecule has 1 aliphatic carbocycles. The van der Waals surface area contributed by atoms with Crippen LogP contribution in [0.4, 0.5) is 0 Å². The van der Waals surface area contributed by atoms with Crippen molar-refractivity contribution < 1.29 is 4.79 Å². The van der Waals surface area contributed by atoms with E-state index in [9.17, 15) is 4.79 Å². The first kappa shape index (κ1) is 16.2. The number of carbonyl (C=O) groups is 1. The Morgan fingerprint density at radius 1 is 1.10 bits per heavy atom. The van der Waals surface area contributed by atoms with Gasteiger partial charge in [0, 0.05) is 6.04 Å². The molecule has 7 heteroatoms. The molecule has 2 rings (SSSR count). The molecule has 0 bridgehead atoms. The van der Waals surface area contributed by atoms with Crippen molar-refractivity contribution in [3.05, 3.63) is 25.9 Å². The van der Waals surface area contributed by atoms with Crippen LogP contribution in [0.25, 0.3) is 0 Å². The smallest absolute Gasteiger partial charge is 0.271 e. The molecule has 1 N–H and O–H groups in total. The maximum absolute atomic E-state index is 12.3. The van der Waals surface area contributed by atoms with Gasteiger partial charge in [-0.1, -0.05) is 66.2 Å². The highest BCUT2D eigenvalue weighted by Gasteiger charge is 2.26. The Labute approximate surface area is 137 Å². The molecule has 2 atom stereocenters. The van der Waals surface area contributed by atoms with Gasteiger partial charge in [0.1, 0.15) is 10.8 Å². The first-order chi connectivity index (χ1) is 9.41. The lowest BCUT2D eigenvalue weighted by atomic mass is 9.86. The van der Waals surface area contributed by atoms with Crippen molar-refractivity contribution in [2.45, 2.75) is 38.6 Å². The second-order valence-corrected chi connectivity index (χ2v) is 6.53. The maximum Gasteiger partial charge on any atom is 0.271 e. The summed E-state index contributed by atoms with van der Waals surface area (Å²) >= 11 is 23.6. The normalized spacial score (nSPS) is 22.6. The molecule has 1 fully saturated rings. The van der Waals surface area contributed by atoms with E-state index >= 15 is 0 Å². The quantitative estimate of drug-likeness (QED) is 0.758. The van der Waals surface area contributed by atoms with E-state index < -0.39 is 0 Å². The van der Waals surface area contributed by atoms with Crippen LogP contribution in [0.1, 0.15) is 43.1 Å². The highest BCUT2D eigenvalue weighted by molar-refractivity contribution is 6.52. The second kappa shape index (κ2) is 6.69. The van der Waals surface area contributed by atoms with Gasteiger partial charge in [0.25, 0.3) is 5.91 Å². The Morgan fingerprint density at radius 3 is 2.40 bits per heavy atom. The van der Waals surface area contributed by atoms with Gasteiger partial charge in [-0.2, -0.15) is 0 Å². The van der Waals surface area contributed by atoms with E-state index in [1.54, 1.807) is 0 Å². The highest BCUT2D eigenvalue weighted by Crippen LogP contribution is 2.36. The lowest BCUT2D eigenvalue weighted by Gasteiger charge is -2.29. The van der Waals surface area contributed by atoms with Gasteiger partial charge in [0.2, 0.25) is 0 Å². The predicted octanol–water partition coefficient (Wildman–Crippen LogP) is 5.00. The van der Waals surface area contributed by atoms with Gasteiger partial charge in [0.05, 0.1) is 15.1 Å². The topological polar surface area (TPSA) is 42.0 Å². The number of aromatic nitrogens is 1. The fourth-order valence-corrected chi connectivity index (χ4v) is 3.22. The number of nitrogens with one attached hydrogen (secondary N) is 1. The molecule has 1 aromatic heterocycles. The van der Waals surface area contributed by atoms with Crippen LogP contribution in [0.3, 0.4) is 0 Å². The molecule has 1 saturated carbocycles. The molecule has 0 aliphatic heterocycles. The molecule has 0 saturated heterocycles. The number of nitrogens with zero attached hydrogens (tertiary/aromatic N) is 1. The van der Waals surface area contributed by atoms with Crippen LogP contribution in [0.15, 0.2) is 0 Å². The largest absolute Gasteiger partial charge is 0.348 e. The van der Waals surface area contributed by atoms with Crippen molar-refractivity contribution in [2.24, 2.45) is 5.92 Å². The summed E-state index contributed by atoms with van der Waals surface area (Å²) in [7, 11) is 0. The first-order valence-corrected chi connectivity index (χ1v) is 7.93. The summed E-state index contributed by atoms with van der Waals surface area (Å²) < 4.78 is 0. The van der Waals surface area contributed by atoms with E-state index in [-0.39, 0.29) is 37.9 Å². The number of rotatable bonds is 2. The molecule has 110 valence electrons. The zero-order chi connectivity index (χ0) is 14.9. The lowest BCUT2D eigenvalue weighted by Crippen LogP contribution is -2.41. The molecule has 0 radical (unpaired) electrons. The summed E-state index contributed by atoms with van der Waals surface area (Å²) in [4.78, 5) is 16.2. The van der Waals surface area contributed by atoms with Crippen molar-refractivity contribution >= 4 is 52.3 Å². The van der Waals surface area contributed by atoms with E-state index in [2.05, 4.69) is 17.2 Å². The molecule has 1 amide bonds. The molecule has 0 aromatic carbocycles. The van der Waals surface area contributed by atoms with Crippen molar-refractivity contribution in [2.75, 3.05) is 0 Å². The molecule has 3 nitrogen and oxygen atoms in total. The molecule has 20 heavy (non-hydrogen) atoms. The average molecular weight is 356 g/mol. The third kappa shape index (κ3) is 3.33. The van der Waals surface area contributed by atoms with Gasteiger partial charge in [-0.25, -0.2) is 4.98 Å². The van der Waals surface area contributed by atoms with Crippen LogP contribution < -0.4 is 5.32 Å². The zero-order valence-electron chi connectivity index (χ0n) is 10.9. The Kier molecular flexibility index (Phi) is 5.41. The van der Waals surface area contributed by atoms with Crippen LogP contribution in [0, 0.1) is 5.92 Å². The Morgan fingerprint density at radius 2 is 1.75 bits per heavy atom. The third-order valence-electron chi connectivity index (χ3n) is 3.63. The van der Waals surface area contributed by atoms with Crippen LogP contribution in [-0.4, -0.2) is 16.9 Å². The molecule has 2 unspecified atom stereocenters. The number of amides is 1. The summed E-state index contributed by atoms with van der Waals surface area (Å²) in [5.74, 6) is 0.0685. The van der Waals surface area contributed by atoms with Crippen molar-refractivity contribution in [1.29, 1.82) is 0 Å². The molecule has 1 aliphatic rings. The maximum atomic E-state index is 12.3. The van der Waals surface area contributed by atoms with Crippen LogP contribution in [0.2, 0.25) is 20.2 Å². The van der Waals surface area contributed by atoms with Gasteiger partial charge in [-0.05, 0) is 18.8 Å². The van der Waals surface area contributed by atoms with Crippen LogP contribution in [0.5, 0.6) is 0 Å². The minimum absolute atomic E-state index is 0.0174. The molecule has 0 spiro atoms. The van der Waals surface area contributed by atoms with Gasteiger partial charge >= 0.3 is 0 Å². The van der Waals surface area contributed by atoms with Gasteiger partial charge < -0.3 is 5.32 Å².